The van der Waals surface area contributed by atoms with E-state index in [0.717, 1.165) is 0 Å². The highest BCUT2D eigenvalue weighted by molar-refractivity contribution is 5.67. The number of hydrogen-bond donors (Lipinski definition) is 0. The molecule has 0 N–H and O–H groups in total. The summed E-state index contributed by atoms with van der Waals surface area (Å²) in [6.07, 6.45) is -0.000488. The lowest BCUT2D eigenvalue weighted by Crippen LogP contribution is -2.49. The van der Waals surface area contributed by atoms with Gasteiger partial charge in [0.1, 0.15) is 0 Å². The fourth-order valence-electron chi connectivity index (χ4n) is 1.71. The molecule has 0 aromatic carbocycles. The van der Waals surface area contributed by atoms with Crippen LogP contribution in [0, 0.1) is 0 Å². The fraction of sp³-hybridized carbons (Fsp3) is 0.889. The standard InChI is InChI=1S/C9H16N4O3/c1-3-16-9(14)13-5-4-7(11-12-10)8(6-13)15-2/h7-8H,3-6H2,1-2H3. The molecule has 0 radical (unpaired) electrons. The summed E-state index contributed by atoms with van der Waals surface area (Å²) in [4.78, 5) is 15.8. The monoisotopic (exact) mass is 228 g/mol. The first-order valence-corrected chi connectivity index (χ1v) is 5.21. The zero-order valence-electron chi connectivity index (χ0n) is 9.50. The highest BCUT2D eigenvalue weighted by Gasteiger charge is 2.31. The number of likely N-dealkylation sites (tertiary alicyclic amines) is 1. The second-order valence-electron chi connectivity index (χ2n) is 3.48. The normalized spacial score (nSPS) is 24.8. The molecule has 1 rings (SSSR count). The Labute approximate surface area is 93.9 Å². The number of rotatable bonds is 3. The van der Waals surface area contributed by atoms with Gasteiger partial charge in [0.25, 0.3) is 0 Å². The van der Waals surface area contributed by atoms with Gasteiger partial charge < -0.3 is 14.4 Å². The molecule has 1 aliphatic heterocycles. The summed E-state index contributed by atoms with van der Waals surface area (Å²) < 4.78 is 10.1. The summed E-state index contributed by atoms with van der Waals surface area (Å²) in [5, 5.41) is 3.65. The van der Waals surface area contributed by atoms with Crippen LogP contribution in [0.5, 0.6) is 0 Å². The van der Waals surface area contributed by atoms with Crippen LogP contribution < -0.4 is 0 Å². The van der Waals surface area contributed by atoms with Crippen molar-refractivity contribution in [3.05, 3.63) is 10.4 Å². The quantitative estimate of drug-likeness (QED) is 0.417. The minimum Gasteiger partial charge on any atom is -0.450 e. The van der Waals surface area contributed by atoms with Crippen LogP contribution >= 0.6 is 0 Å². The van der Waals surface area contributed by atoms with Gasteiger partial charge in [0, 0.05) is 18.6 Å². The van der Waals surface area contributed by atoms with Gasteiger partial charge in [0.05, 0.1) is 25.3 Å². The number of carbonyl (C=O) groups is 1. The Morgan fingerprint density at radius 1 is 1.69 bits per heavy atom. The summed E-state index contributed by atoms with van der Waals surface area (Å²) in [6, 6.07) is -0.208. The fourth-order valence-corrected chi connectivity index (χ4v) is 1.71. The largest absolute Gasteiger partial charge is 0.450 e. The van der Waals surface area contributed by atoms with E-state index in [0.29, 0.717) is 26.1 Å². The number of methoxy groups -OCH3 is 1. The number of nitrogens with zero attached hydrogens (tertiary/aromatic N) is 4. The van der Waals surface area contributed by atoms with Crippen LogP contribution in [0.4, 0.5) is 4.79 Å². The molecule has 1 aliphatic rings. The van der Waals surface area contributed by atoms with Crippen LogP contribution in [-0.2, 0) is 9.47 Å². The molecular formula is C9H16N4O3. The summed E-state index contributed by atoms with van der Waals surface area (Å²) >= 11 is 0. The van der Waals surface area contributed by atoms with E-state index in [1.54, 1.807) is 18.9 Å². The maximum Gasteiger partial charge on any atom is 0.409 e. The number of ether oxygens (including phenoxy) is 2. The van der Waals surface area contributed by atoms with Gasteiger partial charge in [-0.3, -0.25) is 0 Å². The Kier molecular flexibility index (Phi) is 4.88. The highest BCUT2D eigenvalue weighted by Crippen LogP contribution is 2.17. The molecule has 7 heteroatoms. The molecule has 0 bridgehead atoms. The lowest BCUT2D eigenvalue weighted by Gasteiger charge is -2.34. The Morgan fingerprint density at radius 2 is 2.44 bits per heavy atom. The van der Waals surface area contributed by atoms with Gasteiger partial charge in [0.2, 0.25) is 0 Å². The molecule has 1 amide bonds. The molecule has 0 aliphatic carbocycles. The smallest absolute Gasteiger partial charge is 0.409 e. The summed E-state index contributed by atoms with van der Waals surface area (Å²) in [5.74, 6) is 0. The lowest BCUT2D eigenvalue weighted by atomic mass is 10.0. The van der Waals surface area contributed by atoms with Gasteiger partial charge in [-0.15, -0.1) is 0 Å². The Balaban J connectivity index is 2.58. The van der Waals surface area contributed by atoms with Crippen molar-refractivity contribution in [2.24, 2.45) is 5.11 Å². The third-order valence-corrected chi connectivity index (χ3v) is 2.55. The second kappa shape index (κ2) is 6.19. The maximum atomic E-state index is 11.5. The molecule has 0 aromatic heterocycles. The first kappa shape index (κ1) is 12.6. The van der Waals surface area contributed by atoms with Crippen molar-refractivity contribution in [3.63, 3.8) is 0 Å². The van der Waals surface area contributed by atoms with Crippen LogP contribution in [0.2, 0.25) is 0 Å². The maximum absolute atomic E-state index is 11.5. The third-order valence-electron chi connectivity index (χ3n) is 2.55. The Hall–Kier alpha value is -1.46. The van der Waals surface area contributed by atoms with Gasteiger partial charge in [-0.05, 0) is 18.9 Å². The van der Waals surface area contributed by atoms with Crippen LogP contribution in [0.25, 0.3) is 10.4 Å². The van der Waals surface area contributed by atoms with Gasteiger partial charge in [-0.1, -0.05) is 5.11 Å². The van der Waals surface area contributed by atoms with E-state index in [2.05, 4.69) is 10.0 Å². The second-order valence-corrected chi connectivity index (χ2v) is 3.48. The Bertz CT molecular complexity index is 290. The molecule has 16 heavy (non-hydrogen) atoms. The van der Waals surface area contributed by atoms with Gasteiger partial charge >= 0.3 is 6.09 Å². The van der Waals surface area contributed by atoms with Crippen LogP contribution in [0.15, 0.2) is 5.11 Å². The minimum absolute atomic E-state index is 0.208. The molecular weight excluding hydrogens is 212 g/mol. The van der Waals surface area contributed by atoms with E-state index in [-0.39, 0.29) is 18.2 Å². The summed E-state index contributed by atoms with van der Waals surface area (Å²) in [7, 11) is 1.54. The van der Waals surface area contributed by atoms with E-state index >= 15 is 0 Å². The molecule has 7 nitrogen and oxygen atoms in total. The van der Waals surface area contributed by atoms with Crippen LogP contribution in [0.3, 0.4) is 0 Å². The molecule has 1 fully saturated rings. The van der Waals surface area contributed by atoms with Crippen molar-refractivity contribution in [2.45, 2.75) is 25.5 Å². The number of azide groups is 1. The van der Waals surface area contributed by atoms with Gasteiger partial charge in [-0.2, -0.15) is 0 Å². The number of piperidine rings is 1. The molecule has 2 unspecified atom stereocenters. The van der Waals surface area contributed by atoms with Crippen molar-refractivity contribution in [1.29, 1.82) is 0 Å². The van der Waals surface area contributed by atoms with E-state index in [4.69, 9.17) is 15.0 Å². The minimum atomic E-state index is -0.344. The van der Waals surface area contributed by atoms with Crippen molar-refractivity contribution in [2.75, 3.05) is 26.8 Å². The molecule has 1 saturated heterocycles. The molecule has 0 saturated carbocycles. The average Bonchev–Trinajstić information content (AvgIpc) is 2.30. The van der Waals surface area contributed by atoms with Crippen molar-refractivity contribution in [3.8, 4) is 0 Å². The zero-order valence-corrected chi connectivity index (χ0v) is 9.50. The molecule has 0 aromatic rings. The van der Waals surface area contributed by atoms with Gasteiger partial charge in [0.15, 0.2) is 0 Å². The van der Waals surface area contributed by atoms with Crippen molar-refractivity contribution in [1.82, 2.24) is 4.90 Å². The van der Waals surface area contributed by atoms with Gasteiger partial charge in [-0.25, -0.2) is 4.79 Å². The molecule has 1 heterocycles. The lowest BCUT2D eigenvalue weighted by molar-refractivity contribution is 0.0132. The number of amides is 1. The van der Waals surface area contributed by atoms with Crippen LogP contribution in [-0.4, -0.2) is 49.9 Å². The van der Waals surface area contributed by atoms with Crippen molar-refractivity contribution >= 4 is 6.09 Å². The summed E-state index contributed by atoms with van der Waals surface area (Å²) in [6.45, 7) is 3.05. The Morgan fingerprint density at radius 3 is 3.00 bits per heavy atom. The molecule has 90 valence electrons. The van der Waals surface area contributed by atoms with E-state index in [9.17, 15) is 4.79 Å². The predicted octanol–water partition coefficient (Wildman–Crippen LogP) is 1.54. The highest BCUT2D eigenvalue weighted by atomic mass is 16.6. The number of hydrogen-bond acceptors (Lipinski definition) is 4. The first-order valence-electron chi connectivity index (χ1n) is 5.21. The van der Waals surface area contributed by atoms with E-state index in [1.165, 1.54) is 0 Å². The van der Waals surface area contributed by atoms with E-state index < -0.39 is 0 Å². The predicted molar refractivity (Wildman–Crippen MR) is 56.9 cm³/mol. The van der Waals surface area contributed by atoms with Crippen molar-refractivity contribution < 1.29 is 14.3 Å². The van der Waals surface area contributed by atoms with Crippen LogP contribution in [0.1, 0.15) is 13.3 Å². The molecule has 0 spiro atoms. The summed E-state index contributed by atoms with van der Waals surface area (Å²) in [5.41, 5.74) is 8.39. The number of carbonyl (C=O) groups excluding carboxylic acids is 1. The average molecular weight is 228 g/mol. The molecule has 2 atom stereocenters. The zero-order chi connectivity index (χ0) is 12.0. The third kappa shape index (κ3) is 3.01. The topological polar surface area (TPSA) is 87.5 Å². The van der Waals surface area contributed by atoms with E-state index in [1.807, 2.05) is 0 Å². The SMILES string of the molecule is CCOC(=O)N1CCC(N=[N+]=[N-])C(OC)C1. The first-order chi connectivity index (χ1) is 7.72.